The predicted molar refractivity (Wildman–Crippen MR) is 82.7 cm³/mol. The molecule has 0 fully saturated rings. The number of sulfonamides is 1. The topological polar surface area (TPSA) is 81.4 Å². The van der Waals surface area contributed by atoms with Gasteiger partial charge in [0, 0.05) is 17.1 Å². The van der Waals surface area contributed by atoms with E-state index in [1.165, 1.54) is 7.11 Å². The van der Waals surface area contributed by atoms with Crippen LogP contribution in [0.4, 0.5) is 0 Å². The molecule has 0 unspecified atom stereocenters. The molecule has 1 aromatic carbocycles. The minimum absolute atomic E-state index is 0.0525. The van der Waals surface area contributed by atoms with Gasteiger partial charge in [0.1, 0.15) is 16.3 Å². The van der Waals surface area contributed by atoms with Gasteiger partial charge in [0.15, 0.2) is 5.76 Å². The van der Waals surface area contributed by atoms with Gasteiger partial charge >= 0.3 is 0 Å². The lowest BCUT2D eigenvalue weighted by Crippen LogP contribution is -2.24. The first-order valence-electron chi connectivity index (χ1n) is 6.52. The molecule has 0 saturated heterocycles. The number of halogens is 1. The minimum Gasteiger partial charge on any atom is -0.496 e. The van der Waals surface area contributed by atoms with Crippen molar-refractivity contribution in [3.05, 3.63) is 39.7 Å². The van der Waals surface area contributed by atoms with E-state index in [4.69, 9.17) is 20.9 Å². The summed E-state index contributed by atoms with van der Waals surface area (Å²) in [5, 5.41) is 4.18. The zero-order chi connectivity index (χ0) is 16.5. The van der Waals surface area contributed by atoms with Crippen LogP contribution in [0.5, 0.6) is 5.75 Å². The van der Waals surface area contributed by atoms with Crippen LogP contribution in [0.15, 0.2) is 21.6 Å². The third-order valence-corrected chi connectivity index (χ3v) is 5.07. The standard InChI is InChI=1S/C14H17ClN2O4S/c1-8-5-12(15)6-11(13(8)20-4)7-16-22(18,19)14-9(2)17-21-10(14)3/h5-6,16H,7H2,1-4H3. The summed E-state index contributed by atoms with van der Waals surface area (Å²) in [6.07, 6.45) is 0. The van der Waals surface area contributed by atoms with E-state index < -0.39 is 10.0 Å². The van der Waals surface area contributed by atoms with E-state index in [0.717, 1.165) is 5.56 Å². The Hall–Kier alpha value is -1.57. The molecule has 1 aromatic heterocycles. The van der Waals surface area contributed by atoms with Crippen molar-refractivity contribution in [2.75, 3.05) is 7.11 Å². The van der Waals surface area contributed by atoms with E-state index in [1.54, 1.807) is 26.0 Å². The summed E-state index contributed by atoms with van der Waals surface area (Å²) in [5.41, 5.74) is 1.81. The Morgan fingerprint density at radius 3 is 2.55 bits per heavy atom. The van der Waals surface area contributed by atoms with Gasteiger partial charge in [0.25, 0.3) is 0 Å². The van der Waals surface area contributed by atoms with E-state index in [1.807, 2.05) is 6.92 Å². The molecule has 0 aliphatic heterocycles. The molecule has 0 amide bonds. The molecule has 22 heavy (non-hydrogen) atoms. The number of hydrogen-bond donors (Lipinski definition) is 1. The van der Waals surface area contributed by atoms with Crippen LogP contribution in [0, 0.1) is 20.8 Å². The van der Waals surface area contributed by atoms with Crippen molar-refractivity contribution in [2.45, 2.75) is 32.2 Å². The molecule has 120 valence electrons. The number of methoxy groups -OCH3 is 1. The normalized spacial score (nSPS) is 11.7. The van der Waals surface area contributed by atoms with Crippen molar-refractivity contribution < 1.29 is 17.7 Å². The van der Waals surface area contributed by atoms with Crippen LogP contribution in [-0.2, 0) is 16.6 Å². The summed E-state index contributed by atoms with van der Waals surface area (Å²) in [4.78, 5) is 0.0604. The minimum atomic E-state index is -3.73. The van der Waals surface area contributed by atoms with Gasteiger partial charge in [-0.25, -0.2) is 13.1 Å². The number of ether oxygens (including phenoxy) is 1. The number of rotatable bonds is 5. The van der Waals surface area contributed by atoms with Crippen LogP contribution < -0.4 is 9.46 Å². The largest absolute Gasteiger partial charge is 0.496 e. The van der Waals surface area contributed by atoms with Crippen molar-refractivity contribution >= 4 is 21.6 Å². The van der Waals surface area contributed by atoms with Gasteiger partial charge in [-0.3, -0.25) is 0 Å². The van der Waals surface area contributed by atoms with Gasteiger partial charge in [-0.15, -0.1) is 0 Å². The Morgan fingerprint density at radius 2 is 2.00 bits per heavy atom. The molecular weight excluding hydrogens is 328 g/mol. The molecule has 1 N–H and O–H groups in total. The fourth-order valence-corrected chi connectivity index (χ4v) is 3.95. The van der Waals surface area contributed by atoms with E-state index >= 15 is 0 Å². The van der Waals surface area contributed by atoms with Crippen LogP contribution in [0.2, 0.25) is 5.02 Å². The Kier molecular flexibility index (Phi) is 4.79. The first-order chi connectivity index (χ1) is 10.3. The fourth-order valence-electron chi connectivity index (χ4n) is 2.33. The lowest BCUT2D eigenvalue weighted by atomic mass is 10.1. The smallest absolute Gasteiger partial charge is 0.246 e. The SMILES string of the molecule is COc1c(C)cc(Cl)cc1CNS(=O)(=O)c1c(C)noc1C. The van der Waals surface area contributed by atoms with Crippen LogP contribution in [0.3, 0.4) is 0 Å². The maximum absolute atomic E-state index is 12.4. The summed E-state index contributed by atoms with van der Waals surface area (Å²) in [5.74, 6) is 0.852. The van der Waals surface area contributed by atoms with Crippen LogP contribution in [0.25, 0.3) is 0 Å². The number of nitrogens with one attached hydrogen (secondary N) is 1. The molecule has 0 atom stereocenters. The third kappa shape index (κ3) is 3.26. The van der Waals surface area contributed by atoms with E-state index in [0.29, 0.717) is 22.0 Å². The number of aryl methyl sites for hydroxylation is 3. The van der Waals surface area contributed by atoms with Crippen LogP contribution >= 0.6 is 11.6 Å². The molecule has 0 saturated carbocycles. The molecule has 0 bridgehead atoms. The van der Waals surface area contributed by atoms with E-state index in [-0.39, 0.29) is 17.2 Å². The predicted octanol–water partition coefficient (Wildman–Crippen LogP) is 2.74. The Bertz CT molecular complexity index is 780. The molecular formula is C14H17ClN2O4S. The van der Waals surface area contributed by atoms with Crippen molar-refractivity contribution in [1.82, 2.24) is 9.88 Å². The first-order valence-corrected chi connectivity index (χ1v) is 8.38. The highest BCUT2D eigenvalue weighted by molar-refractivity contribution is 7.89. The zero-order valence-corrected chi connectivity index (χ0v) is 14.3. The second kappa shape index (κ2) is 6.28. The van der Waals surface area contributed by atoms with Gasteiger partial charge in [0.05, 0.1) is 7.11 Å². The van der Waals surface area contributed by atoms with Crippen LogP contribution in [-0.4, -0.2) is 20.7 Å². The number of benzene rings is 1. The lowest BCUT2D eigenvalue weighted by molar-refractivity contribution is 0.390. The summed E-state index contributed by atoms with van der Waals surface area (Å²) in [6.45, 7) is 5.03. The van der Waals surface area contributed by atoms with Gasteiger partial charge in [-0.05, 0) is 38.5 Å². The average molecular weight is 345 g/mol. The Balaban J connectivity index is 2.31. The molecule has 0 spiro atoms. The molecule has 0 aliphatic rings. The van der Waals surface area contributed by atoms with Gasteiger partial charge in [-0.1, -0.05) is 16.8 Å². The maximum atomic E-state index is 12.4. The monoisotopic (exact) mass is 344 g/mol. The Labute approximate surface area is 134 Å². The summed E-state index contributed by atoms with van der Waals surface area (Å²) >= 11 is 6.02. The highest BCUT2D eigenvalue weighted by atomic mass is 35.5. The quantitative estimate of drug-likeness (QED) is 0.901. The van der Waals surface area contributed by atoms with Crippen molar-refractivity contribution in [3.8, 4) is 5.75 Å². The summed E-state index contributed by atoms with van der Waals surface area (Å²) in [6, 6.07) is 3.43. The first kappa shape index (κ1) is 16.8. The molecule has 2 rings (SSSR count). The zero-order valence-electron chi connectivity index (χ0n) is 12.7. The van der Waals surface area contributed by atoms with Gasteiger partial charge in [0.2, 0.25) is 10.0 Å². The van der Waals surface area contributed by atoms with Crippen LogP contribution in [0.1, 0.15) is 22.6 Å². The van der Waals surface area contributed by atoms with Crippen molar-refractivity contribution in [1.29, 1.82) is 0 Å². The van der Waals surface area contributed by atoms with Crippen molar-refractivity contribution in [2.24, 2.45) is 0 Å². The maximum Gasteiger partial charge on any atom is 0.246 e. The highest BCUT2D eigenvalue weighted by Crippen LogP contribution is 2.28. The van der Waals surface area contributed by atoms with E-state index in [9.17, 15) is 8.42 Å². The second-order valence-corrected chi connectivity index (χ2v) is 7.03. The lowest BCUT2D eigenvalue weighted by Gasteiger charge is -2.13. The molecule has 6 nitrogen and oxygen atoms in total. The number of aromatic nitrogens is 1. The summed E-state index contributed by atoms with van der Waals surface area (Å²) in [7, 11) is -2.20. The molecule has 0 radical (unpaired) electrons. The molecule has 2 aromatic rings. The second-order valence-electron chi connectivity index (χ2n) is 4.89. The number of nitrogens with zero attached hydrogens (tertiary/aromatic N) is 1. The van der Waals surface area contributed by atoms with Crippen molar-refractivity contribution in [3.63, 3.8) is 0 Å². The van der Waals surface area contributed by atoms with Gasteiger partial charge < -0.3 is 9.26 Å². The van der Waals surface area contributed by atoms with Gasteiger partial charge in [-0.2, -0.15) is 0 Å². The summed E-state index contributed by atoms with van der Waals surface area (Å²) < 4.78 is 37.5. The average Bonchev–Trinajstić information content (AvgIpc) is 2.76. The number of hydrogen-bond acceptors (Lipinski definition) is 5. The highest BCUT2D eigenvalue weighted by Gasteiger charge is 2.24. The molecule has 1 heterocycles. The van der Waals surface area contributed by atoms with E-state index in [2.05, 4.69) is 9.88 Å². The molecule has 8 heteroatoms. The Morgan fingerprint density at radius 1 is 1.32 bits per heavy atom. The fraction of sp³-hybridized carbons (Fsp3) is 0.357. The molecule has 0 aliphatic carbocycles. The third-order valence-electron chi connectivity index (χ3n) is 3.21.